The van der Waals surface area contributed by atoms with Crippen LogP contribution in [0, 0.1) is 0 Å². The lowest BCUT2D eigenvalue weighted by atomic mass is 10.5. The minimum atomic E-state index is -1.52. The second-order valence-electron chi connectivity index (χ2n) is 2.89. The maximum atomic E-state index is 9.79. The molecule has 0 unspecified atom stereocenters. The maximum Gasteiger partial charge on any atom is 0.278 e. The Kier molecular flexibility index (Phi) is 3.95. The average Bonchev–Trinajstić information content (AvgIpc) is 1.78. The molecule has 4 heteroatoms. The van der Waals surface area contributed by atoms with Crippen molar-refractivity contribution in [1.82, 2.24) is 0 Å². The second kappa shape index (κ2) is 4.22. The monoisotopic (exact) mass is 159 g/mol. The lowest BCUT2D eigenvalue weighted by Gasteiger charge is -2.11. The second-order valence-corrected chi connectivity index (χ2v) is 7.30. The SMILES string of the molecule is C[Si](C)(C)ON=CCC=O. The zero-order chi connectivity index (χ0) is 8.04. The number of oxime groups is 1. The van der Waals surface area contributed by atoms with Crippen LogP contribution in [0.3, 0.4) is 0 Å². The molecule has 10 heavy (non-hydrogen) atoms. The van der Waals surface area contributed by atoms with Crippen LogP contribution in [0.1, 0.15) is 6.42 Å². The van der Waals surface area contributed by atoms with Gasteiger partial charge in [0.15, 0.2) is 0 Å². The van der Waals surface area contributed by atoms with E-state index in [1.165, 1.54) is 6.21 Å². The Morgan fingerprint density at radius 1 is 1.50 bits per heavy atom. The van der Waals surface area contributed by atoms with Gasteiger partial charge in [-0.25, -0.2) is 0 Å². The number of carbonyl (C=O) groups excluding carboxylic acids is 1. The van der Waals surface area contributed by atoms with Gasteiger partial charge in [-0.05, 0) is 19.6 Å². The Morgan fingerprint density at radius 3 is 2.50 bits per heavy atom. The highest BCUT2D eigenvalue weighted by Gasteiger charge is 2.14. The van der Waals surface area contributed by atoms with Crippen molar-refractivity contribution in [3.63, 3.8) is 0 Å². The summed E-state index contributed by atoms with van der Waals surface area (Å²) in [7, 11) is -1.52. The van der Waals surface area contributed by atoms with Crippen molar-refractivity contribution >= 4 is 20.8 Å². The number of hydrogen-bond donors (Lipinski definition) is 0. The number of nitrogens with zero attached hydrogens (tertiary/aromatic N) is 1. The van der Waals surface area contributed by atoms with E-state index in [1.54, 1.807) is 0 Å². The van der Waals surface area contributed by atoms with Crippen molar-refractivity contribution in [2.24, 2.45) is 5.16 Å². The van der Waals surface area contributed by atoms with Crippen molar-refractivity contribution < 1.29 is 9.32 Å². The van der Waals surface area contributed by atoms with E-state index in [9.17, 15) is 4.79 Å². The normalized spacial score (nSPS) is 11.9. The molecule has 0 spiro atoms. The van der Waals surface area contributed by atoms with E-state index in [4.69, 9.17) is 4.53 Å². The van der Waals surface area contributed by atoms with Gasteiger partial charge in [0, 0.05) is 12.6 Å². The molecule has 0 fully saturated rings. The summed E-state index contributed by atoms with van der Waals surface area (Å²) in [6, 6.07) is 0. The molecule has 0 amide bonds. The van der Waals surface area contributed by atoms with Gasteiger partial charge in [0.25, 0.3) is 8.32 Å². The van der Waals surface area contributed by atoms with E-state index in [0.717, 1.165) is 6.29 Å². The summed E-state index contributed by atoms with van der Waals surface area (Å²) < 4.78 is 5.08. The minimum absolute atomic E-state index is 0.338. The zero-order valence-electron chi connectivity index (χ0n) is 6.63. The molecular weight excluding hydrogens is 146 g/mol. The van der Waals surface area contributed by atoms with Gasteiger partial charge in [0.05, 0.1) is 0 Å². The molecule has 3 nitrogen and oxygen atoms in total. The van der Waals surface area contributed by atoms with Crippen LogP contribution in [0.4, 0.5) is 0 Å². The molecule has 0 aromatic rings. The maximum absolute atomic E-state index is 9.79. The molecule has 0 radical (unpaired) electrons. The average molecular weight is 159 g/mol. The Bertz CT molecular complexity index is 128. The van der Waals surface area contributed by atoms with Crippen molar-refractivity contribution in [2.45, 2.75) is 26.1 Å². The highest BCUT2D eigenvalue weighted by Crippen LogP contribution is 2.01. The summed E-state index contributed by atoms with van der Waals surface area (Å²) in [6.07, 6.45) is 2.60. The lowest BCUT2D eigenvalue weighted by molar-refractivity contribution is -0.106. The molecule has 0 atom stereocenters. The molecule has 0 rings (SSSR count). The lowest BCUT2D eigenvalue weighted by Crippen LogP contribution is -2.22. The van der Waals surface area contributed by atoms with E-state index in [2.05, 4.69) is 5.16 Å². The quantitative estimate of drug-likeness (QED) is 0.269. The molecule has 0 aromatic heterocycles. The van der Waals surface area contributed by atoms with E-state index in [0.29, 0.717) is 6.42 Å². The molecule has 0 aliphatic rings. The fourth-order valence-corrected chi connectivity index (χ4v) is 0.672. The van der Waals surface area contributed by atoms with Crippen LogP contribution in [0.15, 0.2) is 5.16 Å². The molecule has 58 valence electrons. The molecule has 0 aliphatic heterocycles. The summed E-state index contributed by atoms with van der Waals surface area (Å²) in [5, 5.41) is 3.64. The van der Waals surface area contributed by atoms with Crippen molar-refractivity contribution in [1.29, 1.82) is 0 Å². The Balaban J connectivity index is 3.43. The van der Waals surface area contributed by atoms with Crippen LogP contribution in [-0.2, 0) is 9.32 Å². The van der Waals surface area contributed by atoms with Gasteiger partial charge in [0.2, 0.25) is 0 Å². The van der Waals surface area contributed by atoms with Crippen LogP contribution >= 0.6 is 0 Å². The zero-order valence-corrected chi connectivity index (χ0v) is 7.63. The number of carbonyl (C=O) groups is 1. The number of aldehydes is 1. The number of rotatable bonds is 4. The number of hydrogen-bond acceptors (Lipinski definition) is 3. The predicted octanol–water partition coefficient (Wildman–Crippen LogP) is 1.41. The van der Waals surface area contributed by atoms with Crippen molar-refractivity contribution in [3.05, 3.63) is 0 Å². The van der Waals surface area contributed by atoms with Gasteiger partial charge in [-0.1, -0.05) is 0 Å². The smallest absolute Gasteiger partial charge is 0.278 e. The summed E-state index contributed by atoms with van der Waals surface area (Å²) >= 11 is 0. The van der Waals surface area contributed by atoms with E-state index < -0.39 is 8.32 Å². The Labute approximate surface area is 62.2 Å². The molecule has 0 saturated carbocycles. The Hall–Kier alpha value is -0.643. The third-order valence-electron chi connectivity index (χ3n) is 0.603. The molecule has 0 N–H and O–H groups in total. The van der Waals surface area contributed by atoms with Crippen LogP contribution in [0.2, 0.25) is 19.6 Å². The predicted molar refractivity (Wildman–Crippen MR) is 43.6 cm³/mol. The van der Waals surface area contributed by atoms with Gasteiger partial charge in [-0.2, -0.15) is 0 Å². The van der Waals surface area contributed by atoms with Gasteiger partial charge < -0.3 is 9.32 Å². The van der Waals surface area contributed by atoms with Crippen LogP contribution in [-0.4, -0.2) is 20.8 Å². The summed E-state index contributed by atoms with van der Waals surface area (Å²) in [5.41, 5.74) is 0. The van der Waals surface area contributed by atoms with Gasteiger partial charge in [0.1, 0.15) is 6.29 Å². The molecule has 0 bridgehead atoms. The molecule has 0 aromatic carbocycles. The van der Waals surface area contributed by atoms with E-state index in [1.807, 2.05) is 19.6 Å². The summed E-state index contributed by atoms with van der Waals surface area (Å²) in [4.78, 5) is 9.79. The molecule has 0 saturated heterocycles. The molecule has 0 aliphatic carbocycles. The topological polar surface area (TPSA) is 38.7 Å². The Morgan fingerprint density at radius 2 is 2.10 bits per heavy atom. The van der Waals surface area contributed by atoms with Crippen LogP contribution in [0.25, 0.3) is 0 Å². The first-order valence-electron chi connectivity index (χ1n) is 3.20. The van der Waals surface area contributed by atoms with Crippen molar-refractivity contribution in [3.8, 4) is 0 Å². The third-order valence-corrected chi connectivity index (χ3v) is 1.26. The first kappa shape index (κ1) is 9.36. The van der Waals surface area contributed by atoms with Crippen LogP contribution in [0.5, 0.6) is 0 Å². The van der Waals surface area contributed by atoms with Crippen LogP contribution < -0.4 is 0 Å². The summed E-state index contributed by atoms with van der Waals surface area (Å²) in [5.74, 6) is 0. The van der Waals surface area contributed by atoms with Crippen molar-refractivity contribution in [2.75, 3.05) is 0 Å². The first-order chi connectivity index (χ1) is 4.56. The van der Waals surface area contributed by atoms with E-state index in [-0.39, 0.29) is 0 Å². The third kappa shape index (κ3) is 7.36. The van der Waals surface area contributed by atoms with Gasteiger partial charge in [-0.3, -0.25) is 0 Å². The van der Waals surface area contributed by atoms with Gasteiger partial charge in [-0.15, -0.1) is 5.16 Å². The summed E-state index contributed by atoms with van der Waals surface area (Å²) in [6.45, 7) is 6.10. The largest absolute Gasteiger partial charge is 0.456 e. The fourth-order valence-electron chi connectivity index (χ4n) is 0.281. The highest BCUT2D eigenvalue weighted by molar-refractivity contribution is 6.69. The fraction of sp³-hybridized carbons (Fsp3) is 0.667. The minimum Gasteiger partial charge on any atom is -0.456 e. The highest BCUT2D eigenvalue weighted by atomic mass is 28.4. The first-order valence-corrected chi connectivity index (χ1v) is 6.61. The molecular formula is C6H13NO2Si. The molecule has 0 heterocycles. The standard InChI is InChI=1S/C6H13NO2Si/c1-10(2,3)9-7-5-4-6-8/h5-6H,4H2,1-3H3. The van der Waals surface area contributed by atoms with E-state index >= 15 is 0 Å². The van der Waals surface area contributed by atoms with Gasteiger partial charge >= 0.3 is 0 Å².